The molecule has 108 valence electrons. The van der Waals surface area contributed by atoms with Crippen LogP contribution in [-0.2, 0) is 12.8 Å². The maximum absolute atomic E-state index is 4.77. The van der Waals surface area contributed by atoms with Crippen LogP contribution in [0.2, 0.25) is 0 Å². The summed E-state index contributed by atoms with van der Waals surface area (Å²) in [6.07, 6.45) is 8.50. The monoisotopic (exact) mass is 279 g/mol. The maximum atomic E-state index is 4.77. The SMILES string of the molecule is c1cnc2c(c1)CCc1cccnc1C2C1CCNCC1. The third-order valence-corrected chi connectivity index (χ3v) is 4.96. The number of hydrogen-bond acceptors (Lipinski definition) is 3. The number of hydrogen-bond donors (Lipinski definition) is 1. The lowest BCUT2D eigenvalue weighted by atomic mass is 9.79. The van der Waals surface area contributed by atoms with Crippen LogP contribution in [0, 0.1) is 5.92 Å². The van der Waals surface area contributed by atoms with Gasteiger partial charge in [-0.25, -0.2) is 0 Å². The molecule has 1 aliphatic carbocycles. The van der Waals surface area contributed by atoms with Crippen LogP contribution in [0.1, 0.15) is 41.3 Å². The van der Waals surface area contributed by atoms with Crippen molar-refractivity contribution >= 4 is 0 Å². The molecule has 0 atom stereocenters. The molecule has 1 N–H and O–H groups in total. The molecule has 0 unspecified atom stereocenters. The quantitative estimate of drug-likeness (QED) is 0.872. The number of pyridine rings is 2. The van der Waals surface area contributed by atoms with Crippen LogP contribution in [0.25, 0.3) is 0 Å². The zero-order valence-corrected chi connectivity index (χ0v) is 12.3. The summed E-state index contributed by atoms with van der Waals surface area (Å²) in [5, 5.41) is 3.48. The molecule has 2 aliphatic rings. The van der Waals surface area contributed by atoms with Crippen LogP contribution >= 0.6 is 0 Å². The minimum Gasteiger partial charge on any atom is -0.317 e. The molecule has 0 amide bonds. The average molecular weight is 279 g/mol. The first-order valence-corrected chi connectivity index (χ1v) is 8.02. The van der Waals surface area contributed by atoms with E-state index in [1.54, 1.807) is 0 Å². The van der Waals surface area contributed by atoms with Gasteiger partial charge in [0.1, 0.15) is 0 Å². The van der Waals surface area contributed by atoms with Crippen molar-refractivity contribution in [2.75, 3.05) is 13.1 Å². The van der Waals surface area contributed by atoms with Crippen molar-refractivity contribution in [2.45, 2.75) is 31.6 Å². The molecule has 3 heterocycles. The van der Waals surface area contributed by atoms with Crippen molar-refractivity contribution in [1.82, 2.24) is 15.3 Å². The number of fused-ring (bicyclic) bond motifs is 2. The van der Waals surface area contributed by atoms with Gasteiger partial charge in [-0.05, 0) is 68.0 Å². The van der Waals surface area contributed by atoms with E-state index in [2.05, 4.69) is 29.6 Å². The molecule has 1 saturated heterocycles. The van der Waals surface area contributed by atoms with E-state index in [-0.39, 0.29) is 0 Å². The van der Waals surface area contributed by atoms with Gasteiger partial charge in [0.05, 0.1) is 11.4 Å². The highest BCUT2D eigenvalue weighted by molar-refractivity contribution is 5.39. The molecular weight excluding hydrogens is 258 g/mol. The molecule has 0 radical (unpaired) electrons. The topological polar surface area (TPSA) is 37.8 Å². The predicted molar refractivity (Wildman–Crippen MR) is 83.3 cm³/mol. The van der Waals surface area contributed by atoms with E-state index in [4.69, 9.17) is 9.97 Å². The van der Waals surface area contributed by atoms with Gasteiger partial charge >= 0.3 is 0 Å². The van der Waals surface area contributed by atoms with Gasteiger partial charge < -0.3 is 5.32 Å². The molecule has 2 aromatic rings. The van der Waals surface area contributed by atoms with Crippen molar-refractivity contribution in [3.05, 3.63) is 59.2 Å². The predicted octanol–water partition coefficient (Wildman–Crippen LogP) is 2.71. The Balaban J connectivity index is 1.85. The first kappa shape index (κ1) is 13.0. The summed E-state index contributed by atoms with van der Waals surface area (Å²) in [6, 6.07) is 8.65. The average Bonchev–Trinajstić information content (AvgIpc) is 2.72. The minimum atomic E-state index is 0.377. The Bertz CT molecular complexity index is 584. The lowest BCUT2D eigenvalue weighted by Crippen LogP contribution is -2.32. The smallest absolute Gasteiger partial charge is 0.0529 e. The fourth-order valence-electron chi connectivity index (χ4n) is 3.91. The van der Waals surface area contributed by atoms with Gasteiger partial charge in [0, 0.05) is 18.3 Å². The summed E-state index contributed by atoms with van der Waals surface area (Å²) in [5.41, 5.74) is 5.39. The van der Waals surface area contributed by atoms with Crippen molar-refractivity contribution < 1.29 is 0 Å². The molecule has 1 aliphatic heterocycles. The first-order chi connectivity index (χ1) is 10.4. The standard InChI is InChI=1S/C18H21N3/c1-3-14-5-6-15-4-2-10-21-18(15)16(17(14)20-9-1)13-7-11-19-12-8-13/h1-4,9-10,13,16,19H,5-8,11-12H2. The highest BCUT2D eigenvalue weighted by atomic mass is 14.9. The van der Waals surface area contributed by atoms with Crippen LogP contribution in [0.5, 0.6) is 0 Å². The van der Waals surface area contributed by atoms with E-state index in [0.717, 1.165) is 25.9 Å². The molecule has 0 saturated carbocycles. The van der Waals surface area contributed by atoms with Crippen LogP contribution in [-0.4, -0.2) is 23.1 Å². The lowest BCUT2D eigenvalue weighted by molar-refractivity contribution is 0.335. The third-order valence-electron chi connectivity index (χ3n) is 4.96. The molecule has 2 aromatic heterocycles. The Morgan fingerprint density at radius 3 is 2.00 bits per heavy atom. The van der Waals surface area contributed by atoms with Gasteiger partial charge in [0.2, 0.25) is 0 Å². The Morgan fingerprint density at radius 1 is 0.857 bits per heavy atom. The first-order valence-electron chi connectivity index (χ1n) is 8.02. The fourth-order valence-corrected chi connectivity index (χ4v) is 3.91. The van der Waals surface area contributed by atoms with Gasteiger partial charge in [-0.2, -0.15) is 0 Å². The van der Waals surface area contributed by atoms with Crippen molar-refractivity contribution in [2.24, 2.45) is 5.92 Å². The zero-order chi connectivity index (χ0) is 14.1. The van der Waals surface area contributed by atoms with Crippen LogP contribution in [0.15, 0.2) is 36.7 Å². The lowest BCUT2D eigenvalue weighted by Gasteiger charge is -2.31. The molecule has 0 bridgehead atoms. The second-order valence-corrected chi connectivity index (χ2v) is 6.16. The summed E-state index contributed by atoms with van der Waals surface area (Å²) in [6.45, 7) is 2.23. The summed E-state index contributed by atoms with van der Waals surface area (Å²) in [4.78, 5) is 9.55. The van der Waals surface area contributed by atoms with E-state index >= 15 is 0 Å². The number of aromatic nitrogens is 2. The van der Waals surface area contributed by atoms with Crippen LogP contribution in [0.4, 0.5) is 0 Å². The Morgan fingerprint density at radius 2 is 1.43 bits per heavy atom. The molecule has 3 nitrogen and oxygen atoms in total. The number of aryl methyl sites for hydroxylation is 2. The second-order valence-electron chi connectivity index (χ2n) is 6.16. The highest BCUT2D eigenvalue weighted by Gasteiger charge is 2.33. The number of nitrogens with zero attached hydrogens (tertiary/aromatic N) is 2. The largest absolute Gasteiger partial charge is 0.317 e. The van der Waals surface area contributed by atoms with E-state index < -0.39 is 0 Å². The Hall–Kier alpha value is -1.74. The molecule has 4 rings (SSSR count). The van der Waals surface area contributed by atoms with E-state index in [1.807, 2.05) is 12.4 Å². The maximum Gasteiger partial charge on any atom is 0.0529 e. The summed E-state index contributed by atoms with van der Waals surface area (Å²) >= 11 is 0. The normalized spacial score (nSPS) is 19.6. The molecule has 3 heteroatoms. The summed E-state index contributed by atoms with van der Waals surface area (Å²) in [5.74, 6) is 1.04. The van der Waals surface area contributed by atoms with Gasteiger partial charge in [-0.3, -0.25) is 9.97 Å². The summed E-state index contributed by atoms with van der Waals surface area (Å²) < 4.78 is 0. The molecule has 0 aromatic carbocycles. The summed E-state index contributed by atoms with van der Waals surface area (Å²) in [7, 11) is 0. The van der Waals surface area contributed by atoms with Crippen molar-refractivity contribution in [3.63, 3.8) is 0 Å². The van der Waals surface area contributed by atoms with Gasteiger partial charge in [0.25, 0.3) is 0 Å². The second kappa shape index (κ2) is 5.57. The van der Waals surface area contributed by atoms with E-state index in [1.165, 1.54) is 35.4 Å². The molecule has 1 fully saturated rings. The zero-order valence-electron chi connectivity index (χ0n) is 12.3. The van der Waals surface area contributed by atoms with Gasteiger partial charge in [0.15, 0.2) is 0 Å². The Labute approximate surface area is 125 Å². The number of rotatable bonds is 1. The van der Waals surface area contributed by atoms with Crippen molar-refractivity contribution in [3.8, 4) is 0 Å². The minimum absolute atomic E-state index is 0.377. The molecular formula is C18H21N3. The molecule has 0 spiro atoms. The van der Waals surface area contributed by atoms with Gasteiger partial charge in [-0.15, -0.1) is 0 Å². The Kier molecular flexibility index (Phi) is 3.44. The molecule has 21 heavy (non-hydrogen) atoms. The highest BCUT2D eigenvalue weighted by Crippen LogP contribution is 2.40. The number of piperidine rings is 1. The van der Waals surface area contributed by atoms with Crippen LogP contribution in [0.3, 0.4) is 0 Å². The van der Waals surface area contributed by atoms with Crippen LogP contribution < -0.4 is 5.32 Å². The van der Waals surface area contributed by atoms with Gasteiger partial charge in [-0.1, -0.05) is 12.1 Å². The third kappa shape index (κ3) is 2.36. The van der Waals surface area contributed by atoms with E-state index in [9.17, 15) is 0 Å². The number of nitrogens with one attached hydrogen (secondary N) is 1. The van der Waals surface area contributed by atoms with Crippen molar-refractivity contribution in [1.29, 1.82) is 0 Å². The fraction of sp³-hybridized carbons (Fsp3) is 0.444. The van der Waals surface area contributed by atoms with E-state index in [0.29, 0.717) is 11.8 Å².